The third kappa shape index (κ3) is 2.65. The van der Waals surface area contributed by atoms with Gasteiger partial charge in [-0.25, -0.2) is 0 Å². The first-order valence-electron chi connectivity index (χ1n) is 5.63. The molecule has 0 unspecified atom stereocenters. The average molecular weight is 232 g/mol. The van der Waals surface area contributed by atoms with Crippen LogP contribution in [0.1, 0.15) is 12.1 Å². The van der Waals surface area contributed by atoms with Crippen molar-refractivity contribution >= 4 is 0 Å². The quantitative estimate of drug-likeness (QED) is 0.858. The fourth-order valence-corrected chi connectivity index (χ4v) is 1.71. The van der Waals surface area contributed by atoms with Crippen LogP contribution in [-0.4, -0.2) is 18.8 Å². The maximum Gasteiger partial charge on any atom is 0.131 e. The maximum absolute atomic E-state index is 5.50. The first kappa shape index (κ1) is 11.7. The molecule has 17 heavy (non-hydrogen) atoms. The summed E-state index contributed by atoms with van der Waals surface area (Å²) in [5.74, 6) is 0.841. The topological polar surface area (TPSA) is 61.3 Å². The number of hydrogen-bond acceptors (Lipinski definition) is 4. The molecule has 0 saturated heterocycles. The van der Waals surface area contributed by atoms with Crippen LogP contribution in [0.3, 0.4) is 0 Å². The SMILES string of the molecule is COc1ccc(-c2conc2CCCN)cc1. The lowest BCUT2D eigenvalue weighted by molar-refractivity contribution is 0.411. The van der Waals surface area contributed by atoms with Gasteiger partial charge in [0.05, 0.1) is 12.8 Å². The van der Waals surface area contributed by atoms with Crippen LogP contribution in [0, 0.1) is 0 Å². The highest BCUT2D eigenvalue weighted by Crippen LogP contribution is 2.25. The van der Waals surface area contributed by atoms with Gasteiger partial charge in [-0.3, -0.25) is 0 Å². The highest BCUT2D eigenvalue weighted by atomic mass is 16.5. The number of ether oxygens (including phenoxy) is 1. The van der Waals surface area contributed by atoms with Crippen molar-refractivity contribution in [3.8, 4) is 16.9 Å². The molecule has 0 amide bonds. The zero-order valence-corrected chi connectivity index (χ0v) is 9.85. The van der Waals surface area contributed by atoms with E-state index in [0.29, 0.717) is 6.54 Å². The van der Waals surface area contributed by atoms with Gasteiger partial charge in [-0.1, -0.05) is 17.3 Å². The molecule has 90 valence electrons. The molecule has 0 radical (unpaired) electrons. The van der Waals surface area contributed by atoms with Crippen LogP contribution in [0.15, 0.2) is 35.1 Å². The molecule has 0 aliphatic heterocycles. The number of rotatable bonds is 5. The molecule has 4 heteroatoms. The lowest BCUT2D eigenvalue weighted by Gasteiger charge is -2.03. The second kappa shape index (κ2) is 5.50. The summed E-state index contributed by atoms with van der Waals surface area (Å²) in [6.07, 6.45) is 3.43. The number of hydrogen-bond donors (Lipinski definition) is 1. The number of nitrogens with zero attached hydrogens (tertiary/aromatic N) is 1. The lowest BCUT2D eigenvalue weighted by atomic mass is 10.0. The Kier molecular flexibility index (Phi) is 3.77. The van der Waals surface area contributed by atoms with E-state index >= 15 is 0 Å². The Bertz CT molecular complexity index is 463. The summed E-state index contributed by atoms with van der Waals surface area (Å²) in [7, 11) is 1.65. The second-order valence-electron chi connectivity index (χ2n) is 3.80. The van der Waals surface area contributed by atoms with Gasteiger partial charge in [0, 0.05) is 5.56 Å². The molecule has 2 N–H and O–H groups in total. The summed E-state index contributed by atoms with van der Waals surface area (Å²) in [5.41, 5.74) is 8.57. The van der Waals surface area contributed by atoms with Crippen molar-refractivity contribution in [1.82, 2.24) is 5.16 Å². The maximum atomic E-state index is 5.50. The van der Waals surface area contributed by atoms with Gasteiger partial charge in [-0.15, -0.1) is 0 Å². The molecule has 0 fully saturated rings. The summed E-state index contributed by atoms with van der Waals surface area (Å²) >= 11 is 0. The van der Waals surface area contributed by atoms with E-state index in [2.05, 4.69) is 5.16 Å². The Morgan fingerprint density at radius 3 is 2.71 bits per heavy atom. The molecule has 2 aromatic rings. The number of benzene rings is 1. The molecule has 0 atom stereocenters. The van der Waals surface area contributed by atoms with Crippen LogP contribution < -0.4 is 10.5 Å². The van der Waals surface area contributed by atoms with E-state index in [1.54, 1.807) is 13.4 Å². The van der Waals surface area contributed by atoms with E-state index in [1.807, 2.05) is 24.3 Å². The van der Waals surface area contributed by atoms with Crippen molar-refractivity contribution in [2.75, 3.05) is 13.7 Å². The van der Waals surface area contributed by atoms with Crippen molar-refractivity contribution in [3.63, 3.8) is 0 Å². The largest absolute Gasteiger partial charge is 0.497 e. The van der Waals surface area contributed by atoms with Crippen molar-refractivity contribution < 1.29 is 9.26 Å². The second-order valence-corrected chi connectivity index (χ2v) is 3.80. The summed E-state index contributed by atoms with van der Waals surface area (Å²) < 4.78 is 10.2. The van der Waals surface area contributed by atoms with E-state index in [-0.39, 0.29) is 0 Å². The van der Waals surface area contributed by atoms with E-state index in [1.165, 1.54) is 0 Å². The highest BCUT2D eigenvalue weighted by Gasteiger charge is 2.09. The molecular weight excluding hydrogens is 216 g/mol. The van der Waals surface area contributed by atoms with Crippen LogP contribution in [0.5, 0.6) is 5.75 Å². The zero-order valence-electron chi connectivity index (χ0n) is 9.85. The van der Waals surface area contributed by atoms with Gasteiger partial charge in [0.1, 0.15) is 12.0 Å². The summed E-state index contributed by atoms with van der Waals surface area (Å²) in [4.78, 5) is 0. The Morgan fingerprint density at radius 1 is 1.29 bits per heavy atom. The van der Waals surface area contributed by atoms with Gasteiger partial charge < -0.3 is 15.0 Å². The highest BCUT2D eigenvalue weighted by molar-refractivity contribution is 5.65. The van der Waals surface area contributed by atoms with Crippen molar-refractivity contribution in [2.45, 2.75) is 12.8 Å². The molecule has 0 spiro atoms. The smallest absolute Gasteiger partial charge is 0.131 e. The molecule has 0 saturated carbocycles. The van der Waals surface area contributed by atoms with Crippen LogP contribution in [-0.2, 0) is 6.42 Å². The van der Waals surface area contributed by atoms with Crippen LogP contribution >= 0.6 is 0 Å². The van der Waals surface area contributed by atoms with Gasteiger partial charge in [-0.2, -0.15) is 0 Å². The predicted octanol–water partition coefficient (Wildman–Crippen LogP) is 2.24. The standard InChI is InChI=1S/C13H16N2O2/c1-16-11-6-4-10(5-7-11)12-9-17-15-13(12)3-2-8-14/h4-7,9H,2-3,8,14H2,1H3. The van der Waals surface area contributed by atoms with E-state index in [9.17, 15) is 0 Å². The molecule has 0 bridgehead atoms. The van der Waals surface area contributed by atoms with Gasteiger partial charge >= 0.3 is 0 Å². The molecule has 2 rings (SSSR count). The number of nitrogens with two attached hydrogens (primary N) is 1. The Labute approximate surface area is 100 Å². The minimum atomic E-state index is 0.662. The van der Waals surface area contributed by atoms with Crippen molar-refractivity contribution in [1.29, 1.82) is 0 Å². The molecule has 1 aromatic carbocycles. The van der Waals surface area contributed by atoms with Gasteiger partial charge in [-0.05, 0) is 37.1 Å². The molecule has 1 aromatic heterocycles. The zero-order chi connectivity index (χ0) is 12.1. The van der Waals surface area contributed by atoms with E-state index < -0.39 is 0 Å². The number of methoxy groups -OCH3 is 1. The minimum Gasteiger partial charge on any atom is -0.497 e. The lowest BCUT2D eigenvalue weighted by Crippen LogP contribution is -2.01. The fraction of sp³-hybridized carbons (Fsp3) is 0.308. The Morgan fingerprint density at radius 2 is 2.06 bits per heavy atom. The third-order valence-corrected chi connectivity index (χ3v) is 2.66. The number of aryl methyl sites for hydroxylation is 1. The van der Waals surface area contributed by atoms with Gasteiger partial charge in [0.15, 0.2) is 0 Å². The minimum absolute atomic E-state index is 0.662. The molecular formula is C13H16N2O2. The third-order valence-electron chi connectivity index (χ3n) is 2.66. The first-order chi connectivity index (χ1) is 8.35. The Hall–Kier alpha value is -1.81. The molecule has 4 nitrogen and oxygen atoms in total. The summed E-state index contributed by atoms with van der Waals surface area (Å²) in [6, 6.07) is 7.85. The van der Waals surface area contributed by atoms with Crippen molar-refractivity contribution in [3.05, 3.63) is 36.2 Å². The summed E-state index contributed by atoms with van der Waals surface area (Å²) in [5, 5.41) is 4.01. The molecule has 0 aliphatic rings. The first-order valence-corrected chi connectivity index (χ1v) is 5.63. The van der Waals surface area contributed by atoms with E-state index in [0.717, 1.165) is 35.4 Å². The molecule has 1 heterocycles. The monoisotopic (exact) mass is 232 g/mol. The number of aromatic nitrogens is 1. The van der Waals surface area contributed by atoms with E-state index in [4.69, 9.17) is 15.0 Å². The van der Waals surface area contributed by atoms with Gasteiger partial charge in [0.2, 0.25) is 0 Å². The Balaban J connectivity index is 2.23. The summed E-state index contributed by atoms with van der Waals surface area (Å²) in [6.45, 7) is 0.662. The van der Waals surface area contributed by atoms with Crippen LogP contribution in [0.2, 0.25) is 0 Å². The molecule has 0 aliphatic carbocycles. The fourth-order valence-electron chi connectivity index (χ4n) is 1.71. The normalized spacial score (nSPS) is 10.5. The van der Waals surface area contributed by atoms with Crippen molar-refractivity contribution in [2.24, 2.45) is 5.73 Å². The average Bonchev–Trinajstić information content (AvgIpc) is 2.84. The van der Waals surface area contributed by atoms with Crippen LogP contribution in [0.25, 0.3) is 11.1 Å². The van der Waals surface area contributed by atoms with Crippen LogP contribution in [0.4, 0.5) is 0 Å². The van der Waals surface area contributed by atoms with Gasteiger partial charge in [0.25, 0.3) is 0 Å². The predicted molar refractivity (Wildman–Crippen MR) is 65.9 cm³/mol.